The molecule has 104 valence electrons. The molecule has 1 aromatic carbocycles. The lowest BCUT2D eigenvalue weighted by Crippen LogP contribution is -2.00. The molecule has 2 bridgehead atoms. The second kappa shape index (κ2) is 4.37. The van der Waals surface area contributed by atoms with Crippen molar-refractivity contribution in [3.63, 3.8) is 0 Å². The van der Waals surface area contributed by atoms with E-state index in [0.29, 0.717) is 25.9 Å². The first-order valence-corrected chi connectivity index (χ1v) is 8.28. The summed E-state index contributed by atoms with van der Waals surface area (Å²) in [6.45, 7) is 7.04. The van der Waals surface area contributed by atoms with Crippen molar-refractivity contribution in [2.75, 3.05) is 0 Å². The molecule has 1 fully saturated rings. The molecule has 4 rings (SSSR count). The molecule has 0 saturated heterocycles. The van der Waals surface area contributed by atoms with Gasteiger partial charge in [-0.2, -0.15) is 0 Å². The largest absolute Gasteiger partial charge is 0.506 e. The smallest absolute Gasteiger partial charge is 0.282 e. The van der Waals surface area contributed by atoms with Gasteiger partial charge in [0.2, 0.25) is 0 Å². The van der Waals surface area contributed by atoms with Crippen molar-refractivity contribution in [2.24, 2.45) is 0 Å². The van der Waals surface area contributed by atoms with Crippen LogP contribution in [0.5, 0.6) is 11.5 Å². The van der Waals surface area contributed by atoms with E-state index in [1.807, 2.05) is 6.07 Å². The third-order valence-corrected chi connectivity index (χ3v) is 7.08. The number of nitrogens with zero attached hydrogens (tertiary/aromatic N) is 2. The molecule has 1 saturated carbocycles. The molecule has 2 atom stereocenters. The topological polar surface area (TPSA) is 68.6 Å². The minimum atomic E-state index is 0.0168. The van der Waals surface area contributed by atoms with Gasteiger partial charge in [0.1, 0.15) is 11.5 Å². The summed E-state index contributed by atoms with van der Waals surface area (Å²) in [4.78, 5) is 4.43. The van der Waals surface area contributed by atoms with Crippen molar-refractivity contribution in [2.45, 2.75) is 40.9 Å². The van der Waals surface area contributed by atoms with Crippen molar-refractivity contribution in [1.82, 2.24) is 0 Å². The van der Waals surface area contributed by atoms with E-state index < -0.39 is 0 Å². The zero-order valence-electron chi connectivity index (χ0n) is 10.9. The molecule has 0 radical (unpaired) electrons. The van der Waals surface area contributed by atoms with Crippen LogP contribution in [0.3, 0.4) is 0 Å². The lowest BCUT2D eigenvalue weighted by molar-refractivity contribution is 0.419. The van der Waals surface area contributed by atoms with Gasteiger partial charge in [-0.05, 0) is 31.1 Å². The van der Waals surface area contributed by atoms with Crippen molar-refractivity contribution in [3.8, 4) is 17.6 Å². The molecule has 1 aliphatic heterocycles. The van der Waals surface area contributed by atoms with Crippen LogP contribution in [0.15, 0.2) is 19.7 Å². The zero-order chi connectivity index (χ0) is 14.7. The molecule has 0 aromatic heterocycles. The van der Waals surface area contributed by atoms with Gasteiger partial charge >= 0.3 is 0 Å². The minimum absolute atomic E-state index is 0.0168. The summed E-state index contributed by atoms with van der Waals surface area (Å²) in [6, 6.07) is 1.88. The van der Waals surface area contributed by atoms with Crippen LogP contribution >= 0.6 is 23.5 Å². The molecular formula is C15H10N2O2S2. The Morgan fingerprint density at radius 3 is 2.10 bits per heavy atom. The maximum atomic E-state index is 10.6. The molecule has 1 aromatic rings. The van der Waals surface area contributed by atoms with E-state index >= 15 is 0 Å². The Balaban J connectivity index is 1.93. The van der Waals surface area contributed by atoms with E-state index in [4.69, 9.17) is 11.8 Å². The number of nitriles is 1. The molecule has 6 heteroatoms. The Bertz CT molecular complexity index is 739. The summed E-state index contributed by atoms with van der Waals surface area (Å²) in [5.74, 6) is 1.19. The first-order chi connectivity index (χ1) is 10.2. The van der Waals surface area contributed by atoms with Gasteiger partial charge in [0.15, 0.2) is 0 Å². The number of fused-ring (bicyclic) bond motifs is 6. The van der Waals surface area contributed by atoms with Gasteiger partial charge in [-0.1, -0.05) is 23.5 Å². The van der Waals surface area contributed by atoms with Crippen molar-refractivity contribution >= 4 is 23.5 Å². The number of hydrogen-bond acceptors (Lipinski definition) is 5. The van der Waals surface area contributed by atoms with Gasteiger partial charge in [0, 0.05) is 11.1 Å². The number of phenolic OH excluding ortho intramolecular Hbond substituents is 2. The standard InChI is InChI=1S/C15H10N2O2S2/c1-17-8(5-16)15-20-13-11(18)9-6-2-3-7(4-6)10(9)12(19)14(13)21-15/h6-7,18-19H,2-4H2. The third kappa shape index (κ3) is 1.58. The Kier molecular flexibility index (Phi) is 2.69. The Morgan fingerprint density at radius 1 is 1.14 bits per heavy atom. The van der Waals surface area contributed by atoms with Gasteiger partial charge in [-0.25, -0.2) is 10.1 Å². The zero-order valence-corrected chi connectivity index (χ0v) is 12.5. The maximum Gasteiger partial charge on any atom is 0.282 e. The Hall–Kier alpha value is -1.76. The molecule has 0 amide bonds. The first kappa shape index (κ1) is 12.9. The molecule has 3 aliphatic rings. The predicted octanol–water partition coefficient (Wildman–Crippen LogP) is 4.27. The normalized spacial score (nSPS) is 24.4. The molecule has 4 nitrogen and oxygen atoms in total. The van der Waals surface area contributed by atoms with Gasteiger partial charge < -0.3 is 10.2 Å². The van der Waals surface area contributed by atoms with Crippen molar-refractivity contribution in [1.29, 1.82) is 5.26 Å². The molecule has 1 heterocycles. The second-order valence-electron chi connectivity index (χ2n) is 5.45. The molecular weight excluding hydrogens is 304 g/mol. The Morgan fingerprint density at radius 2 is 1.67 bits per heavy atom. The van der Waals surface area contributed by atoms with E-state index in [2.05, 4.69) is 4.85 Å². The van der Waals surface area contributed by atoms with Crippen molar-refractivity contribution < 1.29 is 10.2 Å². The minimum Gasteiger partial charge on any atom is -0.506 e. The number of thioether (sulfide) groups is 2. The molecule has 0 spiro atoms. The molecule has 2 unspecified atom stereocenters. The number of benzene rings is 1. The summed E-state index contributed by atoms with van der Waals surface area (Å²) in [7, 11) is 0. The van der Waals surface area contributed by atoms with E-state index in [0.717, 1.165) is 30.4 Å². The highest BCUT2D eigenvalue weighted by Gasteiger charge is 2.44. The van der Waals surface area contributed by atoms with E-state index in [-0.39, 0.29) is 17.2 Å². The number of hydrogen-bond donors (Lipinski definition) is 2. The van der Waals surface area contributed by atoms with E-state index in [1.165, 1.54) is 23.5 Å². The van der Waals surface area contributed by atoms with Crippen molar-refractivity contribution in [3.05, 3.63) is 32.5 Å². The average molecular weight is 314 g/mol. The fraction of sp³-hybridized carbons (Fsp3) is 0.333. The highest BCUT2D eigenvalue weighted by atomic mass is 32.2. The molecule has 2 aliphatic carbocycles. The van der Waals surface area contributed by atoms with Gasteiger partial charge in [0.25, 0.3) is 5.70 Å². The number of phenols is 2. The first-order valence-electron chi connectivity index (χ1n) is 6.64. The van der Waals surface area contributed by atoms with Gasteiger partial charge in [0.05, 0.1) is 26.7 Å². The van der Waals surface area contributed by atoms with Crippen LogP contribution in [0, 0.1) is 17.9 Å². The fourth-order valence-corrected chi connectivity index (χ4v) is 6.11. The van der Waals surface area contributed by atoms with Crippen LogP contribution in [0.2, 0.25) is 0 Å². The SMILES string of the molecule is [C-]#[N+]C(C#N)=C1Sc2c(O)c3c(c(O)c2S1)C1CCC3C1. The average Bonchev–Trinajstić information content (AvgIpc) is 3.19. The summed E-state index contributed by atoms with van der Waals surface area (Å²) in [6.07, 6.45) is 3.15. The third-order valence-electron chi connectivity index (χ3n) is 4.49. The summed E-state index contributed by atoms with van der Waals surface area (Å²) in [5.41, 5.74) is 1.82. The van der Waals surface area contributed by atoms with E-state index in [1.54, 1.807) is 0 Å². The second-order valence-corrected chi connectivity index (χ2v) is 7.75. The van der Waals surface area contributed by atoms with Gasteiger partial charge in [-0.15, -0.1) is 0 Å². The Labute approximate surface area is 130 Å². The van der Waals surface area contributed by atoms with Crippen LogP contribution in [0.1, 0.15) is 42.2 Å². The molecule has 21 heavy (non-hydrogen) atoms. The maximum absolute atomic E-state index is 10.6. The lowest BCUT2D eigenvalue weighted by atomic mass is 9.90. The van der Waals surface area contributed by atoms with Crippen LogP contribution in [0.4, 0.5) is 0 Å². The highest BCUT2D eigenvalue weighted by Crippen LogP contribution is 2.67. The summed E-state index contributed by atoms with van der Waals surface area (Å²) in [5, 5.41) is 30.2. The molecule has 2 N–H and O–H groups in total. The van der Waals surface area contributed by atoms with Crippen LogP contribution in [-0.2, 0) is 0 Å². The quantitative estimate of drug-likeness (QED) is 0.425. The van der Waals surface area contributed by atoms with Crippen LogP contribution in [-0.4, -0.2) is 10.2 Å². The van der Waals surface area contributed by atoms with E-state index in [9.17, 15) is 10.2 Å². The highest BCUT2D eigenvalue weighted by molar-refractivity contribution is 8.24. The number of rotatable bonds is 0. The lowest BCUT2D eigenvalue weighted by Gasteiger charge is -2.20. The summed E-state index contributed by atoms with van der Waals surface area (Å²) >= 11 is 2.45. The predicted molar refractivity (Wildman–Crippen MR) is 80.1 cm³/mol. The van der Waals surface area contributed by atoms with Crippen LogP contribution in [0.25, 0.3) is 4.85 Å². The summed E-state index contributed by atoms with van der Waals surface area (Å²) < 4.78 is 0.545. The fourth-order valence-electron chi connectivity index (χ4n) is 3.66. The van der Waals surface area contributed by atoms with Gasteiger partial charge in [-0.3, -0.25) is 0 Å². The van der Waals surface area contributed by atoms with Crippen LogP contribution < -0.4 is 0 Å². The number of allylic oxidation sites excluding steroid dienone is 1. The number of aromatic hydroxyl groups is 2. The monoisotopic (exact) mass is 314 g/mol.